The van der Waals surface area contributed by atoms with Crippen molar-refractivity contribution >= 4 is 33.6 Å². The summed E-state index contributed by atoms with van der Waals surface area (Å²) in [6.45, 7) is -1.04. The number of aliphatic hydroxyl groups excluding tert-OH is 1. The van der Waals surface area contributed by atoms with Crippen molar-refractivity contribution in [2.45, 2.75) is 54.8 Å². The summed E-state index contributed by atoms with van der Waals surface area (Å²) in [6, 6.07) is 4.00. The Morgan fingerprint density at radius 1 is 1.07 bits per heavy atom. The van der Waals surface area contributed by atoms with Crippen LogP contribution in [-0.4, -0.2) is 52.8 Å². The van der Waals surface area contributed by atoms with Crippen molar-refractivity contribution in [2.75, 3.05) is 13.2 Å². The van der Waals surface area contributed by atoms with Crippen LogP contribution in [0.4, 0.5) is 23.8 Å². The van der Waals surface area contributed by atoms with Gasteiger partial charge in [0.05, 0.1) is 22.9 Å². The van der Waals surface area contributed by atoms with Gasteiger partial charge in [0.1, 0.15) is 17.3 Å². The molecule has 3 unspecified atom stereocenters. The predicted octanol–water partition coefficient (Wildman–Crippen LogP) is 5.28. The number of aromatic nitrogens is 1. The van der Waals surface area contributed by atoms with Crippen molar-refractivity contribution in [3.63, 3.8) is 0 Å². The monoisotopic (exact) mass is 617 g/mol. The Morgan fingerprint density at radius 2 is 1.75 bits per heavy atom. The van der Waals surface area contributed by atoms with Gasteiger partial charge in [0.15, 0.2) is 18.2 Å². The average molecular weight is 618 g/mol. The Kier molecular flexibility index (Phi) is 7.65. The van der Waals surface area contributed by atoms with Gasteiger partial charge in [0.25, 0.3) is 11.8 Å². The van der Waals surface area contributed by atoms with Crippen molar-refractivity contribution in [3.05, 3.63) is 47.4 Å². The molecule has 3 N–H and O–H groups in total. The summed E-state index contributed by atoms with van der Waals surface area (Å²) in [6.07, 6.45) is 1.76. The number of ether oxygens (including phenoxy) is 2. The van der Waals surface area contributed by atoms with Gasteiger partial charge in [-0.05, 0) is 55.9 Å². The van der Waals surface area contributed by atoms with E-state index in [2.05, 4.69) is 15.6 Å². The highest BCUT2D eigenvalue weighted by molar-refractivity contribution is 8.45. The summed E-state index contributed by atoms with van der Waals surface area (Å²) in [4.78, 5) is 27.8. The van der Waals surface area contributed by atoms with E-state index in [1.54, 1.807) is 0 Å². The van der Waals surface area contributed by atoms with Gasteiger partial charge in [-0.2, -0.15) is 0 Å². The highest BCUT2D eigenvalue weighted by atomic mass is 35.5. The Labute approximate surface area is 230 Å². The van der Waals surface area contributed by atoms with Gasteiger partial charge in [0.2, 0.25) is 0 Å². The van der Waals surface area contributed by atoms with Crippen LogP contribution >= 0.6 is 21.8 Å². The zero-order valence-electron chi connectivity index (χ0n) is 20.7. The molecule has 222 valence electrons. The van der Waals surface area contributed by atoms with Gasteiger partial charge in [-0.25, -0.2) is 9.37 Å². The number of halogens is 7. The number of pyridine rings is 1. The first-order chi connectivity index (χ1) is 18.4. The molecule has 2 aliphatic carbocycles. The fourth-order valence-electron chi connectivity index (χ4n) is 5.14. The second kappa shape index (κ2) is 10.2. The standard InChI is InChI=1S/C24H26ClF6N3O5S/c25-17-5-3-15(8-18(17)26)38-13-22(37)34-24-7-1-2-14(10-24)19(9-20(24)35)33-21(36)12-39-16-4-6-23(32-11-16)40(27,28,29,30)31/h3-6,8,11,14,19-20,35H,1-2,7,9-10,12-13H2,(H,33,36)(H,34,37)/t14?,19?,20-,24?/m0/s1. The summed E-state index contributed by atoms with van der Waals surface area (Å²) in [7, 11) is -9.92. The van der Waals surface area contributed by atoms with Gasteiger partial charge in [-0.1, -0.05) is 37.5 Å². The number of fused-ring (bicyclic) bond motifs is 2. The van der Waals surface area contributed by atoms with Crippen LogP contribution in [0, 0.1) is 11.7 Å². The molecule has 4 rings (SSSR count). The topological polar surface area (TPSA) is 110 Å². The van der Waals surface area contributed by atoms with Gasteiger partial charge < -0.3 is 25.2 Å². The first kappa shape index (κ1) is 30.1. The average Bonchev–Trinajstić information content (AvgIpc) is 2.86. The Balaban J connectivity index is 1.29. The molecule has 1 heterocycles. The fraction of sp³-hybridized carbons (Fsp3) is 0.458. The van der Waals surface area contributed by atoms with Gasteiger partial charge in [-0.3, -0.25) is 9.59 Å². The minimum atomic E-state index is -9.92. The van der Waals surface area contributed by atoms with E-state index in [1.165, 1.54) is 12.1 Å². The van der Waals surface area contributed by atoms with E-state index < -0.39 is 63.8 Å². The molecule has 0 aliphatic heterocycles. The van der Waals surface area contributed by atoms with Crippen LogP contribution in [0.15, 0.2) is 41.6 Å². The molecule has 2 fully saturated rings. The molecule has 2 aliphatic rings. The normalized spacial score (nSPS) is 26.1. The number of amides is 2. The number of aliphatic hydroxyl groups is 1. The number of hydrogen-bond acceptors (Lipinski definition) is 6. The Hall–Kier alpha value is -2.91. The van der Waals surface area contributed by atoms with Crippen molar-refractivity contribution < 1.29 is 48.0 Å². The summed E-state index contributed by atoms with van der Waals surface area (Å²) in [5.41, 5.74) is -0.942. The zero-order valence-corrected chi connectivity index (χ0v) is 22.3. The lowest BCUT2D eigenvalue weighted by molar-refractivity contribution is -0.132. The van der Waals surface area contributed by atoms with Gasteiger partial charge in [0, 0.05) is 12.1 Å². The maximum absolute atomic E-state index is 13.6. The molecule has 2 amide bonds. The predicted molar refractivity (Wildman–Crippen MR) is 133 cm³/mol. The van der Waals surface area contributed by atoms with Crippen molar-refractivity contribution in [1.82, 2.24) is 15.6 Å². The number of rotatable bonds is 9. The lowest BCUT2D eigenvalue weighted by atomic mass is 9.63. The third-order valence-corrected chi connectivity index (χ3v) is 8.32. The number of hydrogen-bond donors (Lipinski definition) is 3. The summed E-state index contributed by atoms with van der Waals surface area (Å²) >= 11 is 5.63. The molecule has 1 aromatic heterocycles. The molecular formula is C24H26ClF6N3O5S. The smallest absolute Gasteiger partial charge is 0.325 e. The molecule has 2 bridgehead atoms. The fourth-order valence-corrected chi connectivity index (χ4v) is 5.83. The minimum absolute atomic E-state index is 0.0843. The van der Waals surface area contributed by atoms with E-state index in [0.717, 1.165) is 6.07 Å². The van der Waals surface area contributed by atoms with Crippen molar-refractivity contribution in [2.24, 2.45) is 5.92 Å². The molecule has 8 nitrogen and oxygen atoms in total. The third-order valence-electron chi connectivity index (χ3n) is 6.98. The highest BCUT2D eigenvalue weighted by Gasteiger charge is 2.67. The van der Waals surface area contributed by atoms with Crippen LogP contribution in [0.5, 0.6) is 11.5 Å². The molecule has 4 atom stereocenters. The Morgan fingerprint density at radius 3 is 2.40 bits per heavy atom. The summed E-state index contributed by atoms with van der Waals surface area (Å²) < 4.78 is 87.9. The van der Waals surface area contributed by atoms with Crippen LogP contribution < -0.4 is 20.1 Å². The SMILES string of the molecule is O=C(COc1ccc(S(F)(F)(F)(F)F)nc1)NC1C[C@H](O)C2(NC(=O)COc3ccc(Cl)c(F)c3)CCCC1C2. The van der Waals surface area contributed by atoms with E-state index >= 15 is 0 Å². The number of carbonyl (C=O) groups excluding carboxylic acids is 2. The largest absolute Gasteiger partial charge is 0.484 e. The Bertz CT molecular complexity index is 1290. The lowest BCUT2D eigenvalue weighted by Crippen LogP contribution is -2.66. The van der Waals surface area contributed by atoms with E-state index in [4.69, 9.17) is 21.1 Å². The van der Waals surface area contributed by atoms with Gasteiger partial charge in [-0.15, -0.1) is 0 Å². The number of carbonyl (C=O) groups is 2. The molecule has 16 heteroatoms. The molecule has 0 spiro atoms. The second-order valence-electron chi connectivity index (χ2n) is 9.94. The molecular weight excluding hydrogens is 592 g/mol. The first-order valence-electron chi connectivity index (χ1n) is 12.1. The number of nitrogens with zero attached hydrogens (tertiary/aromatic N) is 1. The molecule has 2 saturated carbocycles. The summed E-state index contributed by atoms with van der Waals surface area (Å²) in [5, 5.41) is 14.1. The minimum Gasteiger partial charge on any atom is -0.484 e. The molecule has 0 saturated heterocycles. The van der Waals surface area contributed by atoms with Crippen LogP contribution in [0.25, 0.3) is 0 Å². The van der Waals surface area contributed by atoms with Crippen LogP contribution in [0.2, 0.25) is 5.02 Å². The van der Waals surface area contributed by atoms with E-state index in [0.29, 0.717) is 37.9 Å². The van der Waals surface area contributed by atoms with Crippen LogP contribution in [0.1, 0.15) is 32.1 Å². The number of benzene rings is 1. The van der Waals surface area contributed by atoms with E-state index in [-0.39, 0.29) is 34.9 Å². The van der Waals surface area contributed by atoms with Crippen LogP contribution in [-0.2, 0) is 9.59 Å². The van der Waals surface area contributed by atoms with E-state index in [9.17, 15) is 38.5 Å². The lowest BCUT2D eigenvalue weighted by Gasteiger charge is -2.51. The molecule has 0 radical (unpaired) electrons. The summed E-state index contributed by atoms with van der Waals surface area (Å²) in [5.74, 6) is -2.17. The quantitative estimate of drug-likeness (QED) is 0.330. The number of nitrogens with one attached hydrogen (secondary N) is 2. The molecule has 1 aromatic carbocycles. The molecule has 2 aromatic rings. The van der Waals surface area contributed by atoms with Crippen molar-refractivity contribution in [1.29, 1.82) is 0 Å². The highest BCUT2D eigenvalue weighted by Crippen LogP contribution is 3.01. The molecule has 40 heavy (non-hydrogen) atoms. The zero-order chi connectivity index (χ0) is 29.4. The maximum Gasteiger partial charge on any atom is 0.325 e. The second-order valence-corrected chi connectivity index (χ2v) is 12.7. The maximum atomic E-state index is 13.6. The van der Waals surface area contributed by atoms with Crippen LogP contribution in [0.3, 0.4) is 0 Å². The third kappa shape index (κ3) is 7.23. The first-order valence-corrected chi connectivity index (χ1v) is 14.5. The van der Waals surface area contributed by atoms with E-state index in [1.807, 2.05) is 0 Å². The van der Waals surface area contributed by atoms with Gasteiger partial charge >= 0.3 is 10.2 Å². The van der Waals surface area contributed by atoms with Crippen molar-refractivity contribution in [3.8, 4) is 11.5 Å².